The minimum atomic E-state index is 0.522. The molecule has 0 amide bonds. The van der Waals surface area contributed by atoms with Crippen LogP contribution in [0.3, 0.4) is 0 Å². The SMILES string of the molecule is CCCCCCB(OC)[C@@H]1C[C@H]2C[C@H]([C@@H]1C)C2(C)C. The Morgan fingerprint density at radius 1 is 1.16 bits per heavy atom. The van der Waals surface area contributed by atoms with Crippen LogP contribution in [0.1, 0.15) is 66.2 Å². The van der Waals surface area contributed by atoms with Crippen molar-refractivity contribution in [1.82, 2.24) is 0 Å². The van der Waals surface area contributed by atoms with Gasteiger partial charge in [0.2, 0.25) is 0 Å². The Balaban J connectivity index is 1.86. The Bertz CT molecular complexity index is 289. The molecule has 3 aliphatic rings. The molecule has 2 heteroatoms. The van der Waals surface area contributed by atoms with Crippen LogP contribution in [0.5, 0.6) is 0 Å². The first kappa shape index (κ1) is 15.4. The molecule has 110 valence electrons. The van der Waals surface area contributed by atoms with Crippen LogP contribution in [0.25, 0.3) is 0 Å². The van der Waals surface area contributed by atoms with Gasteiger partial charge in [0, 0.05) is 7.11 Å². The van der Waals surface area contributed by atoms with Gasteiger partial charge in [-0.25, -0.2) is 0 Å². The van der Waals surface area contributed by atoms with Crippen molar-refractivity contribution >= 4 is 6.92 Å². The van der Waals surface area contributed by atoms with E-state index in [-0.39, 0.29) is 0 Å². The second-order valence-electron chi connectivity index (χ2n) is 7.74. The number of rotatable bonds is 7. The fraction of sp³-hybridized carbons (Fsp3) is 1.00. The summed E-state index contributed by atoms with van der Waals surface area (Å²) in [5.74, 6) is 3.59. The molecule has 0 aromatic carbocycles. The monoisotopic (exact) mass is 264 g/mol. The summed E-state index contributed by atoms with van der Waals surface area (Å²) in [6.07, 6.45) is 9.63. The third-order valence-electron chi connectivity index (χ3n) is 6.54. The van der Waals surface area contributed by atoms with E-state index >= 15 is 0 Å². The van der Waals surface area contributed by atoms with Gasteiger partial charge in [-0.1, -0.05) is 59.8 Å². The molecule has 3 fully saturated rings. The molecule has 19 heavy (non-hydrogen) atoms. The average Bonchev–Trinajstić information content (AvgIpc) is 2.39. The van der Waals surface area contributed by atoms with Crippen LogP contribution in [0.4, 0.5) is 0 Å². The van der Waals surface area contributed by atoms with Crippen molar-refractivity contribution in [3.8, 4) is 0 Å². The maximum atomic E-state index is 5.88. The zero-order valence-electron chi connectivity index (χ0n) is 13.7. The summed E-state index contributed by atoms with van der Waals surface area (Å²) in [6, 6.07) is 0. The molecule has 0 aliphatic heterocycles. The summed E-state index contributed by atoms with van der Waals surface area (Å²) >= 11 is 0. The van der Waals surface area contributed by atoms with Gasteiger partial charge in [-0.3, -0.25) is 0 Å². The molecule has 4 atom stereocenters. The first-order valence-corrected chi connectivity index (χ1v) is 8.55. The number of hydrogen-bond donors (Lipinski definition) is 0. The van der Waals surface area contributed by atoms with Gasteiger partial charge in [0.1, 0.15) is 0 Å². The second-order valence-corrected chi connectivity index (χ2v) is 7.74. The number of hydrogen-bond acceptors (Lipinski definition) is 1. The molecule has 0 unspecified atom stereocenters. The third-order valence-corrected chi connectivity index (χ3v) is 6.54. The van der Waals surface area contributed by atoms with Crippen LogP contribution in [0.15, 0.2) is 0 Å². The van der Waals surface area contributed by atoms with E-state index in [1.54, 1.807) is 0 Å². The van der Waals surface area contributed by atoms with Gasteiger partial charge in [0.15, 0.2) is 0 Å². The first-order chi connectivity index (χ1) is 9.02. The molecular formula is C17H33BO. The lowest BCUT2D eigenvalue weighted by molar-refractivity contribution is -0.101. The van der Waals surface area contributed by atoms with Crippen LogP contribution in [0, 0.1) is 23.2 Å². The lowest BCUT2D eigenvalue weighted by atomic mass is 9.34. The maximum absolute atomic E-state index is 5.88. The molecule has 2 bridgehead atoms. The Morgan fingerprint density at radius 3 is 2.42 bits per heavy atom. The molecule has 3 aliphatic carbocycles. The highest BCUT2D eigenvalue weighted by Crippen LogP contribution is 2.65. The lowest BCUT2D eigenvalue weighted by Crippen LogP contribution is -2.55. The van der Waals surface area contributed by atoms with Crippen molar-refractivity contribution in [2.45, 2.75) is 78.4 Å². The zero-order chi connectivity index (χ0) is 14.0. The van der Waals surface area contributed by atoms with E-state index < -0.39 is 0 Å². The van der Waals surface area contributed by atoms with Crippen molar-refractivity contribution in [2.24, 2.45) is 23.2 Å². The molecule has 0 N–H and O–H groups in total. The van der Waals surface area contributed by atoms with Crippen LogP contribution in [0.2, 0.25) is 12.1 Å². The first-order valence-electron chi connectivity index (χ1n) is 8.55. The van der Waals surface area contributed by atoms with Gasteiger partial charge in [-0.2, -0.15) is 0 Å². The molecule has 0 saturated heterocycles. The average molecular weight is 264 g/mol. The van der Waals surface area contributed by atoms with Gasteiger partial charge < -0.3 is 4.65 Å². The van der Waals surface area contributed by atoms with Crippen molar-refractivity contribution in [3.63, 3.8) is 0 Å². The third kappa shape index (κ3) is 2.89. The van der Waals surface area contributed by atoms with Gasteiger partial charge >= 0.3 is 0 Å². The van der Waals surface area contributed by atoms with Gasteiger partial charge in [-0.15, -0.1) is 0 Å². The van der Waals surface area contributed by atoms with Gasteiger partial charge in [-0.05, 0) is 41.7 Å². The van der Waals surface area contributed by atoms with Crippen LogP contribution in [-0.4, -0.2) is 14.0 Å². The fourth-order valence-electron chi connectivity index (χ4n) is 4.96. The highest BCUT2D eigenvalue weighted by atomic mass is 16.4. The summed E-state index contributed by atoms with van der Waals surface area (Å²) in [7, 11) is 1.93. The Hall–Kier alpha value is 0.0249. The van der Waals surface area contributed by atoms with Gasteiger partial charge in [0.25, 0.3) is 6.92 Å². The minimum absolute atomic E-state index is 0.522. The van der Waals surface area contributed by atoms with Crippen molar-refractivity contribution in [3.05, 3.63) is 0 Å². The summed E-state index contributed by atoms with van der Waals surface area (Å²) in [5.41, 5.74) is 0.608. The molecular weight excluding hydrogens is 231 g/mol. The van der Waals surface area contributed by atoms with Crippen molar-refractivity contribution < 1.29 is 4.65 Å². The highest BCUT2D eigenvalue weighted by Gasteiger charge is 2.57. The standard InChI is InChI=1S/C17H33BO/c1-6-7-8-9-10-18(19-5)16-12-14-11-15(13(16)2)17(14,3)4/h13-16H,6-12H2,1-5H3/t13-,14+,15+,16+/m0/s1. The minimum Gasteiger partial charge on any atom is -0.438 e. The van der Waals surface area contributed by atoms with E-state index in [1.807, 2.05) is 7.11 Å². The van der Waals surface area contributed by atoms with E-state index in [1.165, 1.54) is 44.8 Å². The second kappa shape index (κ2) is 6.20. The molecule has 0 radical (unpaired) electrons. The molecule has 3 rings (SSSR count). The number of fused-ring (bicyclic) bond motifs is 2. The number of unbranched alkanes of at least 4 members (excludes halogenated alkanes) is 3. The van der Waals surface area contributed by atoms with E-state index in [4.69, 9.17) is 4.65 Å². The summed E-state index contributed by atoms with van der Waals surface area (Å²) in [6.45, 7) is 10.3. The predicted octanol–water partition coefficient (Wildman–Crippen LogP) is 5.28. The van der Waals surface area contributed by atoms with E-state index in [9.17, 15) is 0 Å². The lowest BCUT2D eigenvalue weighted by Gasteiger charge is -2.62. The molecule has 0 heterocycles. The quantitative estimate of drug-likeness (QED) is 0.449. The Labute approximate surface area is 121 Å². The largest absolute Gasteiger partial charge is 0.438 e. The maximum Gasteiger partial charge on any atom is 0.296 e. The summed E-state index contributed by atoms with van der Waals surface area (Å²) in [5, 5.41) is 0. The fourth-order valence-corrected chi connectivity index (χ4v) is 4.96. The molecule has 0 aromatic rings. The Kier molecular flexibility index (Phi) is 5.03. The van der Waals surface area contributed by atoms with Gasteiger partial charge in [0.05, 0.1) is 0 Å². The van der Waals surface area contributed by atoms with Crippen LogP contribution in [-0.2, 0) is 4.65 Å². The molecule has 0 aromatic heterocycles. The Morgan fingerprint density at radius 2 is 1.89 bits per heavy atom. The van der Waals surface area contributed by atoms with Crippen molar-refractivity contribution in [1.29, 1.82) is 0 Å². The zero-order valence-corrected chi connectivity index (χ0v) is 13.7. The molecule has 0 spiro atoms. The summed E-state index contributed by atoms with van der Waals surface area (Å²) in [4.78, 5) is 0. The summed E-state index contributed by atoms with van der Waals surface area (Å²) < 4.78 is 5.88. The van der Waals surface area contributed by atoms with Crippen LogP contribution >= 0.6 is 0 Å². The molecule has 1 nitrogen and oxygen atoms in total. The van der Waals surface area contributed by atoms with E-state index in [2.05, 4.69) is 27.7 Å². The van der Waals surface area contributed by atoms with Crippen molar-refractivity contribution in [2.75, 3.05) is 7.11 Å². The van der Waals surface area contributed by atoms with E-state index in [0.29, 0.717) is 12.3 Å². The van der Waals surface area contributed by atoms with E-state index in [0.717, 1.165) is 23.6 Å². The smallest absolute Gasteiger partial charge is 0.296 e. The normalized spacial score (nSPS) is 35.8. The topological polar surface area (TPSA) is 9.23 Å². The highest BCUT2D eigenvalue weighted by molar-refractivity contribution is 6.53. The predicted molar refractivity (Wildman–Crippen MR) is 84.6 cm³/mol. The molecule has 3 saturated carbocycles. The van der Waals surface area contributed by atoms with Crippen LogP contribution < -0.4 is 0 Å².